The van der Waals surface area contributed by atoms with Crippen LogP contribution in [0.2, 0.25) is 0 Å². The molecule has 35 heavy (non-hydrogen) atoms. The Morgan fingerprint density at radius 2 is 1.51 bits per heavy atom. The molecule has 0 bridgehead atoms. The number of pyridine rings is 1. The van der Waals surface area contributed by atoms with Crippen LogP contribution in [0.15, 0.2) is 60.1 Å². The maximum absolute atomic E-state index is 13.9. The van der Waals surface area contributed by atoms with Gasteiger partial charge in [-0.05, 0) is 86.4 Å². The van der Waals surface area contributed by atoms with Gasteiger partial charge in [-0.25, -0.2) is 4.39 Å². The molecule has 0 spiro atoms. The van der Waals surface area contributed by atoms with Gasteiger partial charge < -0.3 is 9.80 Å². The van der Waals surface area contributed by atoms with Gasteiger partial charge in [-0.2, -0.15) is 0 Å². The number of carbonyl (C=O) groups excluding carboxylic acids is 1. The summed E-state index contributed by atoms with van der Waals surface area (Å²) in [5, 5.41) is 0. The summed E-state index contributed by atoms with van der Waals surface area (Å²) < 4.78 is 13.9. The van der Waals surface area contributed by atoms with E-state index in [9.17, 15) is 9.18 Å². The van der Waals surface area contributed by atoms with Gasteiger partial charge >= 0.3 is 0 Å². The van der Waals surface area contributed by atoms with Gasteiger partial charge in [0.05, 0.1) is 0 Å². The van der Waals surface area contributed by atoms with E-state index in [2.05, 4.69) is 42.8 Å². The lowest BCUT2D eigenvalue weighted by atomic mass is 9.86. The Morgan fingerprint density at radius 3 is 2.09 bits per heavy atom. The fraction of sp³-hybridized carbons (Fsp3) is 0.467. The highest BCUT2D eigenvalue weighted by Crippen LogP contribution is 2.42. The van der Waals surface area contributed by atoms with Gasteiger partial charge in [0.1, 0.15) is 5.82 Å². The first-order valence-corrected chi connectivity index (χ1v) is 13.0. The number of allylic oxidation sites excluding steroid dienone is 4. The molecule has 186 valence electrons. The van der Waals surface area contributed by atoms with Gasteiger partial charge in [-0.3, -0.25) is 9.78 Å². The zero-order chi connectivity index (χ0) is 24.9. The number of nitrogens with zero attached hydrogens (tertiary/aromatic N) is 3. The van der Waals surface area contributed by atoms with E-state index in [1.54, 1.807) is 12.1 Å². The van der Waals surface area contributed by atoms with E-state index >= 15 is 0 Å². The number of hydrogen-bond acceptors (Lipinski definition) is 3. The number of amides is 1. The van der Waals surface area contributed by atoms with Crippen molar-refractivity contribution in [2.75, 3.05) is 26.2 Å². The fourth-order valence-electron chi connectivity index (χ4n) is 5.04. The first-order chi connectivity index (χ1) is 16.9. The molecule has 1 saturated heterocycles. The summed E-state index contributed by atoms with van der Waals surface area (Å²) in [7, 11) is 0. The molecule has 2 heterocycles. The van der Waals surface area contributed by atoms with Gasteiger partial charge in [-0.1, -0.05) is 31.6 Å². The lowest BCUT2D eigenvalue weighted by Crippen LogP contribution is -2.49. The van der Waals surface area contributed by atoms with Gasteiger partial charge in [0.2, 0.25) is 5.91 Å². The molecule has 1 aromatic carbocycles. The Labute approximate surface area is 209 Å². The van der Waals surface area contributed by atoms with E-state index < -0.39 is 0 Å². The van der Waals surface area contributed by atoms with Crippen molar-refractivity contribution in [3.05, 3.63) is 77.0 Å². The topological polar surface area (TPSA) is 36.4 Å². The molecule has 2 aromatic rings. The highest BCUT2D eigenvalue weighted by molar-refractivity contribution is 6.07. The van der Waals surface area contributed by atoms with E-state index in [4.69, 9.17) is 0 Å². The van der Waals surface area contributed by atoms with E-state index in [0.717, 1.165) is 56.1 Å². The highest BCUT2D eigenvalue weighted by atomic mass is 19.1. The molecule has 0 N–H and O–H groups in total. The maximum atomic E-state index is 13.9. The minimum absolute atomic E-state index is 0.0728. The van der Waals surface area contributed by atoms with E-state index in [-0.39, 0.29) is 17.6 Å². The van der Waals surface area contributed by atoms with Crippen LogP contribution in [0.4, 0.5) is 4.39 Å². The molecule has 1 aromatic heterocycles. The first-order valence-electron chi connectivity index (χ1n) is 13.0. The average Bonchev–Trinajstić information content (AvgIpc) is 3.71. The number of benzene rings is 1. The van der Waals surface area contributed by atoms with Crippen LogP contribution in [0, 0.1) is 17.7 Å². The van der Waals surface area contributed by atoms with Crippen molar-refractivity contribution >= 4 is 17.1 Å². The summed E-state index contributed by atoms with van der Waals surface area (Å²) in [6, 6.07) is 11.0. The molecule has 0 radical (unpaired) electrons. The molecule has 1 unspecified atom stereocenters. The Balaban J connectivity index is 1.74. The van der Waals surface area contributed by atoms with E-state index in [1.807, 2.05) is 36.4 Å². The van der Waals surface area contributed by atoms with Crippen LogP contribution in [0.1, 0.15) is 64.5 Å². The quantitative estimate of drug-likeness (QED) is 0.414. The Kier molecular flexibility index (Phi) is 8.04. The third-order valence-corrected chi connectivity index (χ3v) is 7.53. The van der Waals surface area contributed by atoms with E-state index in [1.165, 1.54) is 35.3 Å². The van der Waals surface area contributed by atoms with Gasteiger partial charge in [0, 0.05) is 55.8 Å². The summed E-state index contributed by atoms with van der Waals surface area (Å²) in [6.45, 7) is 11.6. The molecule has 1 aliphatic heterocycles. The van der Waals surface area contributed by atoms with Crippen molar-refractivity contribution in [3.8, 4) is 0 Å². The second-order valence-electron chi connectivity index (χ2n) is 10.1. The minimum Gasteiger partial charge on any atom is -0.371 e. The van der Waals surface area contributed by atoms with Crippen molar-refractivity contribution in [1.29, 1.82) is 0 Å². The van der Waals surface area contributed by atoms with Gasteiger partial charge in [-0.15, -0.1) is 0 Å². The van der Waals surface area contributed by atoms with Crippen LogP contribution in [0.25, 0.3) is 11.1 Å². The number of halogens is 1. The van der Waals surface area contributed by atoms with Gasteiger partial charge in [0.25, 0.3) is 0 Å². The molecular weight excluding hydrogens is 437 g/mol. The summed E-state index contributed by atoms with van der Waals surface area (Å²) in [4.78, 5) is 21.4. The average molecular weight is 476 g/mol. The lowest BCUT2D eigenvalue weighted by Gasteiger charge is -2.38. The second-order valence-corrected chi connectivity index (χ2v) is 10.1. The SMILES string of the molecule is CCC(C)C(=O)N1CCN(/C(C)=C(/C(=C(\C)CC2CC2)c2ccc(F)cc2)c2ccncc2)CC1. The molecule has 1 saturated carbocycles. The molecule has 2 aliphatic rings. The minimum atomic E-state index is -0.221. The van der Waals surface area contributed by atoms with Gasteiger partial charge in [0.15, 0.2) is 0 Å². The Hall–Kier alpha value is -2.95. The lowest BCUT2D eigenvalue weighted by molar-refractivity contribution is -0.136. The Bertz CT molecular complexity index is 1080. The monoisotopic (exact) mass is 475 g/mol. The third kappa shape index (κ3) is 6.01. The standard InChI is InChI=1S/C30H38FN3O/c1-5-21(2)30(35)34-18-16-33(17-19-34)23(4)29(26-12-14-32-15-13-26)28(22(3)20-24-6-7-24)25-8-10-27(31)11-9-25/h8-15,21,24H,5-7,16-20H2,1-4H3/b28-22+,29-23+. The van der Waals surface area contributed by atoms with Crippen LogP contribution in [0.3, 0.4) is 0 Å². The molecular formula is C30H38FN3O. The number of rotatable bonds is 8. The number of carbonyl (C=O) groups is 1. The normalized spacial score (nSPS) is 18.7. The molecule has 1 amide bonds. The maximum Gasteiger partial charge on any atom is 0.225 e. The zero-order valence-corrected chi connectivity index (χ0v) is 21.6. The zero-order valence-electron chi connectivity index (χ0n) is 21.6. The van der Waals surface area contributed by atoms with Crippen molar-refractivity contribution in [2.24, 2.45) is 11.8 Å². The van der Waals surface area contributed by atoms with Crippen molar-refractivity contribution < 1.29 is 9.18 Å². The number of hydrogen-bond donors (Lipinski definition) is 0. The van der Waals surface area contributed by atoms with Crippen LogP contribution >= 0.6 is 0 Å². The fourth-order valence-corrected chi connectivity index (χ4v) is 5.04. The summed E-state index contributed by atoms with van der Waals surface area (Å²) >= 11 is 0. The first kappa shape index (κ1) is 25.2. The predicted octanol–water partition coefficient (Wildman–Crippen LogP) is 6.42. The van der Waals surface area contributed by atoms with Crippen molar-refractivity contribution in [3.63, 3.8) is 0 Å². The van der Waals surface area contributed by atoms with Crippen molar-refractivity contribution in [1.82, 2.24) is 14.8 Å². The highest BCUT2D eigenvalue weighted by Gasteiger charge is 2.28. The summed E-state index contributed by atoms with van der Waals surface area (Å²) in [6.07, 6.45) is 8.18. The molecule has 4 rings (SSSR count). The number of aromatic nitrogens is 1. The third-order valence-electron chi connectivity index (χ3n) is 7.53. The molecule has 1 atom stereocenters. The van der Waals surface area contributed by atoms with E-state index in [0.29, 0.717) is 0 Å². The predicted molar refractivity (Wildman–Crippen MR) is 141 cm³/mol. The summed E-state index contributed by atoms with van der Waals surface area (Å²) in [5.41, 5.74) is 7.07. The van der Waals surface area contributed by atoms with Crippen LogP contribution in [0.5, 0.6) is 0 Å². The molecule has 2 fully saturated rings. The summed E-state index contributed by atoms with van der Waals surface area (Å²) in [5.74, 6) is 0.861. The van der Waals surface area contributed by atoms with Crippen molar-refractivity contribution in [2.45, 2.75) is 53.4 Å². The molecule has 5 heteroatoms. The van der Waals surface area contributed by atoms with Crippen LogP contribution in [-0.2, 0) is 4.79 Å². The van der Waals surface area contributed by atoms with Crippen LogP contribution < -0.4 is 0 Å². The second kappa shape index (κ2) is 11.2. The smallest absolute Gasteiger partial charge is 0.225 e. The molecule has 1 aliphatic carbocycles. The number of piperazine rings is 1. The Morgan fingerprint density at radius 1 is 0.943 bits per heavy atom. The molecule has 4 nitrogen and oxygen atoms in total. The largest absolute Gasteiger partial charge is 0.371 e. The van der Waals surface area contributed by atoms with Crippen LogP contribution in [-0.4, -0.2) is 46.9 Å².